The maximum absolute atomic E-state index is 12.4. The van der Waals surface area contributed by atoms with Gasteiger partial charge in [0.05, 0.1) is 17.7 Å². The molecule has 100 valence electrons. The number of rotatable bonds is 4. The van der Waals surface area contributed by atoms with Crippen LogP contribution in [0.15, 0.2) is 42.5 Å². The molecule has 0 aliphatic rings. The molecule has 0 saturated heterocycles. The number of hydrogen-bond acceptors (Lipinski definition) is 2. The molecular formula is C15H15ClLiO2P. The molecule has 0 radical (unpaired) electrons. The van der Waals surface area contributed by atoms with Crippen LogP contribution in [0.4, 0.5) is 0 Å². The van der Waals surface area contributed by atoms with Crippen molar-refractivity contribution >= 4 is 31.0 Å². The van der Waals surface area contributed by atoms with Crippen LogP contribution < -0.4 is 28.9 Å². The van der Waals surface area contributed by atoms with Gasteiger partial charge in [-0.25, -0.2) is 0 Å². The van der Waals surface area contributed by atoms with Crippen LogP contribution in [0.5, 0.6) is 5.75 Å². The van der Waals surface area contributed by atoms with Crippen molar-refractivity contribution in [2.45, 2.75) is 6.92 Å². The normalized spacial score (nSPS) is 10.3. The number of carbonyl (C=O) groups is 1. The molecule has 0 aliphatic carbocycles. The van der Waals surface area contributed by atoms with E-state index in [-0.39, 0.29) is 34.4 Å². The second-order valence-electron chi connectivity index (χ2n) is 4.09. The van der Waals surface area contributed by atoms with Gasteiger partial charge >= 0.3 is 18.9 Å². The van der Waals surface area contributed by atoms with Crippen molar-refractivity contribution in [1.82, 2.24) is 0 Å². The molecule has 2 aromatic rings. The minimum atomic E-state index is -0.00301. The first-order valence-corrected chi connectivity index (χ1v) is 7.20. The summed E-state index contributed by atoms with van der Waals surface area (Å²) in [6, 6.07) is 13.1. The Morgan fingerprint density at radius 2 is 1.90 bits per heavy atom. The van der Waals surface area contributed by atoms with Crippen molar-refractivity contribution in [3.05, 3.63) is 58.6 Å². The maximum Gasteiger partial charge on any atom is 1.00 e. The molecule has 5 heteroatoms. The van der Waals surface area contributed by atoms with Gasteiger partial charge in [0.1, 0.15) is 5.75 Å². The van der Waals surface area contributed by atoms with Gasteiger partial charge < -0.3 is 6.16 Å². The molecule has 0 aliphatic heterocycles. The summed E-state index contributed by atoms with van der Waals surface area (Å²) < 4.78 is 5.21. The third-order valence-corrected chi connectivity index (χ3v) is 4.44. The van der Waals surface area contributed by atoms with Crippen molar-refractivity contribution in [2.24, 2.45) is 0 Å². The Bertz CT molecular complexity index is 622. The zero-order valence-corrected chi connectivity index (χ0v) is 13.5. The second-order valence-corrected chi connectivity index (χ2v) is 5.74. The molecule has 0 aromatic heterocycles. The zero-order chi connectivity index (χ0) is 13.8. The van der Waals surface area contributed by atoms with E-state index in [0.29, 0.717) is 16.3 Å². The third kappa shape index (κ3) is 3.87. The van der Waals surface area contributed by atoms with E-state index in [1.54, 1.807) is 25.3 Å². The van der Waals surface area contributed by atoms with Gasteiger partial charge in [-0.15, -0.1) is 0 Å². The number of hydrogen-bond donors (Lipinski definition) is 0. The molecular weight excluding hydrogens is 286 g/mol. The number of benzene rings is 2. The van der Waals surface area contributed by atoms with Crippen molar-refractivity contribution in [2.75, 3.05) is 7.11 Å². The van der Waals surface area contributed by atoms with Crippen LogP contribution in [-0.2, 0) is 0 Å². The van der Waals surface area contributed by atoms with Crippen LogP contribution in [0.3, 0.4) is 0 Å². The quantitative estimate of drug-likeness (QED) is 0.620. The Morgan fingerprint density at radius 3 is 2.55 bits per heavy atom. The van der Waals surface area contributed by atoms with Gasteiger partial charge in [-0.3, -0.25) is 4.79 Å². The Hall–Kier alpha value is -0.773. The van der Waals surface area contributed by atoms with Crippen LogP contribution >= 0.6 is 20.2 Å². The van der Waals surface area contributed by atoms with Gasteiger partial charge in [0.15, 0.2) is 5.52 Å². The van der Waals surface area contributed by atoms with Gasteiger partial charge in [0.25, 0.3) is 0 Å². The third-order valence-electron chi connectivity index (χ3n) is 2.82. The van der Waals surface area contributed by atoms with Crippen LogP contribution in [0.2, 0.25) is 5.02 Å². The first kappa shape index (κ1) is 17.3. The van der Waals surface area contributed by atoms with E-state index in [2.05, 4.69) is 0 Å². The van der Waals surface area contributed by atoms with E-state index >= 15 is 0 Å². The summed E-state index contributed by atoms with van der Waals surface area (Å²) in [7, 11) is 1.59. The summed E-state index contributed by atoms with van der Waals surface area (Å²) in [6.45, 7) is 2.00. The van der Waals surface area contributed by atoms with Crippen LogP contribution in [0, 0.1) is 6.92 Å². The van der Waals surface area contributed by atoms with E-state index in [9.17, 15) is 4.79 Å². The molecule has 0 amide bonds. The molecule has 0 heterocycles. The van der Waals surface area contributed by atoms with Crippen molar-refractivity contribution in [1.29, 1.82) is 0 Å². The van der Waals surface area contributed by atoms with Crippen LogP contribution in [-0.4, -0.2) is 12.6 Å². The van der Waals surface area contributed by atoms with E-state index in [1.165, 1.54) is 0 Å². The summed E-state index contributed by atoms with van der Waals surface area (Å²) in [5, 5.41) is 1.47. The van der Waals surface area contributed by atoms with E-state index < -0.39 is 0 Å². The van der Waals surface area contributed by atoms with Crippen LogP contribution in [0.25, 0.3) is 0 Å². The SMILES string of the molecule is COc1cccc(Cl)c1C(=O)Pc1ccccc1C.[H-].[Li+]. The number of halogens is 1. The van der Waals surface area contributed by atoms with Gasteiger partial charge in [-0.05, 0) is 38.5 Å². The molecule has 20 heavy (non-hydrogen) atoms. The molecule has 1 unspecified atom stereocenters. The Balaban J connectivity index is 0.00000200. The standard InChI is InChI=1S/C15H14ClO2P.Li.H/c1-10-6-3-4-9-13(10)19-15(17)14-11(16)7-5-8-12(14)18-2;;/h3-9,19H,1-2H3;;/q;+1;-1. The Kier molecular flexibility index (Phi) is 6.79. The van der Waals surface area contributed by atoms with Crippen molar-refractivity contribution in [3.63, 3.8) is 0 Å². The topological polar surface area (TPSA) is 26.3 Å². The molecule has 2 nitrogen and oxygen atoms in total. The average Bonchev–Trinajstić information content (AvgIpc) is 2.40. The van der Waals surface area contributed by atoms with Gasteiger partial charge in [-0.2, -0.15) is 0 Å². The monoisotopic (exact) mass is 300 g/mol. The predicted molar refractivity (Wildman–Crippen MR) is 82.6 cm³/mol. The number of aryl methyl sites for hydroxylation is 1. The summed E-state index contributed by atoms with van der Waals surface area (Å²) in [5.74, 6) is 0.526. The Morgan fingerprint density at radius 1 is 1.20 bits per heavy atom. The van der Waals surface area contributed by atoms with Crippen LogP contribution in [0.1, 0.15) is 17.3 Å². The number of carbonyl (C=O) groups excluding carboxylic acids is 1. The average molecular weight is 301 g/mol. The number of methoxy groups -OCH3 is 1. The minimum Gasteiger partial charge on any atom is -1.00 e. The van der Waals surface area contributed by atoms with E-state index in [0.717, 1.165) is 10.9 Å². The van der Waals surface area contributed by atoms with Crippen molar-refractivity contribution in [3.8, 4) is 5.75 Å². The van der Waals surface area contributed by atoms with Gasteiger partial charge in [0.2, 0.25) is 0 Å². The summed E-state index contributed by atoms with van der Waals surface area (Å²) >= 11 is 6.11. The van der Waals surface area contributed by atoms with Gasteiger partial charge in [0, 0.05) is 0 Å². The second kappa shape index (κ2) is 7.86. The van der Waals surface area contributed by atoms with Gasteiger partial charge in [-0.1, -0.05) is 41.9 Å². The molecule has 0 fully saturated rings. The van der Waals surface area contributed by atoms with E-state index in [1.807, 2.05) is 31.2 Å². The molecule has 1 atom stereocenters. The van der Waals surface area contributed by atoms with Crippen molar-refractivity contribution < 1.29 is 29.8 Å². The smallest absolute Gasteiger partial charge is 1.00 e. The van der Waals surface area contributed by atoms with E-state index in [4.69, 9.17) is 16.3 Å². The predicted octanol–water partition coefficient (Wildman–Crippen LogP) is 0.918. The summed E-state index contributed by atoms with van der Waals surface area (Å²) in [6.07, 6.45) is 0. The fourth-order valence-corrected chi connectivity index (χ4v) is 3.21. The molecule has 0 saturated carbocycles. The first-order chi connectivity index (χ1) is 9.13. The molecule has 2 aromatic carbocycles. The summed E-state index contributed by atoms with van der Waals surface area (Å²) in [4.78, 5) is 12.4. The number of ether oxygens (including phenoxy) is 1. The fourth-order valence-electron chi connectivity index (χ4n) is 1.79. The minimum absolute atomic E-state index is 0. The molecule has 0 spiro atoms. The molecule has 0 N–H and O–H groups in total. The molecule has 0 bridgehead atoms. The summed E-state index contributed by atoms with van der Waals surface area (Å²) in [5.41, 5.74) is 1.57. The largest absolute Gasteiger partial charge is 1.00 e. The maximum atomic E-state index is 12.4. The first-order valence-electron chi connectivity index (χ1n) is 5.83. The zero-order valence-electron chi connectivity index (χ0n) is 12.7. The fraction of sp³-hybridized carbons (Fsp3) is 0.133. The Labute approximate surface area is 139 Å². The molecule has 2 rings (SSSR count).